The van der Waals surface area contributed by atoms with Crippen molar-refractivity contribution in [2.75, 3.05) is 6.54 Å². The summed E-state index contributed by atoms with van der Waals surface area (Å²) in [7, 11) is 0. The SMILES string of the molecule is CCNC(CC)CCCc1nn(CC)c2ccccc12. The summed E-state index contributed by atoms with van der Waals surface area (Å²) in [4.78, 5) is 0. The molecule has 0 radical (unpaired) electrons. The molecular weight excluding hydrogens is 246 g/mol. The Hall–Kier alpha value is -1.35. The molecule has 0 bridgehead atoms. The Morgan fingerprint density at radius 2 is 2.00 bits per heavy atom. The normalized spacial score (nSPS) is 12.9. The second kappa shape index (κ2) is 7.44. The topological polar surface area (TPSA) is 29.9 Å². The van der Waals surface area contributed by atoms with Gasteiger partial charge in [-0.3, -0.25) is 4.68 Å². The highest BCUT2D eigenvalue weighted by Gasteiger charge is 2.10. The molecule has 3 nitrogen and oxygen atoms in total. The van der Waals surface area contributed by atoms with Gasteiger partial charge in [0.1, 0.15) is 0 Å². The molecule has 0 saturated carbocycles. The minimum Gasteiger partial charge on any atom is -0.314 e. The largest absolute Gasteiger partial charge is 0.314 e. The van der Waals surface area contributed by atoms with Crippen LogP contribution in [0.4, 0.5) is 0 Å². The van der Waals surface area contributed by atoms with Crippen LogP contribution < -0.4 is 5.32 Å². The summed E-state index contributed by atoms with van der Waals surface area (Å²) < 4.78 is 2.12. The van der Waals surface area contributed by atoms with Crippen molar-refractivity contribution in [3.63, 3.8) is 0 Å². The van der Waals surface area contributed by atoms with Gasteiger partial charge in [0.05, 0.1) is 11.2 Å². The lowest BCUT2D eigenvalue weighted by molar-refractivity contribution is 0.465. The third-order valence-corrected chi connectivity index (χ3v) is 3.99. The van der Waals surface area contributed by atoms with Crippen molar-refractivity contribution in [2.45, 2.75) is 59.0 Å². The number of nitrogens with one attached hydrogen (secondary N) is 1. The van der Waals surface area contributed by atoms with Gasteiger partial charge in [-0.15, -0.1) is 0 Å². The Morgan fingerprint density at radius 1 is 1.20 bits per heavy atom. The highest BCUT2D eigenvalue weighted by molar-refractivity contribution is 5.81. The number of aromatic nitrogens is 2. The van der Waals surface area contributed by atoms with Crippen LogP contribution in [-0.2, 0) is 13.0 Å². The van der Waals surface area contributed by atoms with E-state index in [4.69, 9.17) is 5.10 Å². The lowest BCUT2D eigenvalue weighted by Gasteiger charge is -2.14. The molecule has 3 heteroatoms. The van der Waals surface area contributed by atoms with Crippen LogP contribution in [0.3, 0.4) is 0 Å². The molecule has 1 N–H and O–H groups in total. The molecule has 0 spiro atoms. The van der Waals surface area contributed by atoms with Gasteiger partial charge in [0, 0.05) is 18.0 Å². The van der Waals surface area contributed by atoms with Crippen LogP contribution in [0.15, 0.2) is 24.3 Å². The molecule has 1 heterocycles. The van der Waals surface area contributed by atoms with Crippen molar-refractivity contribution >= 4 is 10.9 Å². The molecule has 2 rings (SSSR count). The maximum atomic E-state index is 4.77. The molecule has 0 aliphatic rings. The van der Waals surface area contributed by atoms with Crippen molar-refractivity contribution in [3.05, 3.63) is 30.0 Å². The number of benzene rings is 1. The maximum Gasteiger partial charge on any atom is 0.0703 e. The molecule has 1 unspecified atom stereocenters. The van der Waals surface area contributed by atoms with Crippen molar-refractivity contribution in [1.29, 1.82) is 0 Å². The predicted octanol–water partition coefficient (Wildman–Crippen LogP) is 3.77. The Labute approximate surface area is 122 Å². The molecule has 2 aromatic rings. The molecule has 0 aliphatic heterocycles. The molecule has 0 amide bonds. The minimum atomic E-state index is 0.652. The number of rotatable bonds is 8. The van der Waals surface area contributed by atoms with Crippen LogP contribution in [0.25, 0.3) is 10.9 Å². The van der Waals surface area contributed by atoms with Crippen LogP contribution >= 0.6 is 0 Å². The standard InChI is InChI=1S/C17H27N3/c1-4-14(18-5-2)10-9-12-16-15-11-7-8-13-17(15)20(6-3)19-16/h7-8,11,13-14,18H,4-6,9-10,12H2,1-3H3. The molecule has 0 saturated heterocycles. The summed E-state index contributed by atoms with van der Waals surface area (Å²) in [6.45, 7) is 8.59. The Balaban J connectivity index is 2.03. The number of nitrogens with zero attached hydrogens (tertiary/aromatic N) is 2. The van der Waals surface area contributed by atoms with Crippen molar-refractivity contribution in [3.8, 4) is 0 Å². The summed E-state index contributed by atoms with van der Waals surface area (Å²) in [6.07, 6.45) is 4.72. The van der Waals surface area contributed by atoms with E-state index < -0.39 is 0 Å². The number of aryl methyl sites for hydroxylation is 2. The molecule has 1 aromatic carbocycles. The van der Waals surface area contributed by atoms with E-state index >= 15 is 0 Å². The summed E-state index contributed by atoms with van der Waals surface area (Å²) in [6, 6.07) is 9.23. The highest BCUT2D eigenvalue weighted by atomic mass is 15.3. The molecule has 0 fully saturated rings. The highest BCUT2D eigenvalue weighted by Crippen LogP contribution is 2.20. The Kier molecular flexibility index (Phi) is 5.60. The van der Waals surface area contributed by atoms with Gasteiger partial charge in [-0.05, 0) is 45.2 Å². The third kappa shape index (κ3) is 3.40. The lowest BCUT2D eigenvalue weighted by Crippen LogP contribution is -2.28. The van der Waals surface area contributed by atoms with E-state index in [0.29, 0.717) is 6.04 Å². The number of fused-ring (bicyclic) bond motifs is 1. The van der Waals surface area contributed by atoms with Crippen LogP contribution in [0.5, 0.6) is 0 Å². The second-order valence-electron chi connectivity index (χ2n) is 5.33. The van der Waals surface area contributed by atoms with Gasteiger partial charge < -0.3 is 5.32 Å². The third-order valence-electron chi connectivity index (χ3n) is 3.99. The number of hydrogen-bond donors (Lipinski definition) is 1. The average molecular weight is 273 g/mol. The van der Waals surface area contributed by atoms with Crippen LogP contribution in [-0.4, -0.2) is 22.4 Å². The lowest BCUT2D eigenvalue weighted by atomic mass is 10.0. The predicted molar refractivity (Wildman–Crippen MR) is 86.1 cm³/mol. The molecule has 0 aliphatic carbocycles. The van der Waals surface area contributed by atoms with Gasteiger partial charge in [-0.1, -0.05) is 32.0 Å². The zero-order chi connectivity index (χ0) is 14.4. The summed E-state index contributed by atoms with van der Waals surface area (Å²) >= 11 is 0. The Morgan fingerprint density at radius 3 is 2.70 bits per heavy atom. The van der Waals surface area contributed by atoms with Gasteiger partial charge in [-0.2, -0.15) is 5.10 Å². The first-order valence-electron chi connectivity index (χ1n) is 7.97. The fraction of sp³-hybridized carbons (Fsp3) is 0.588. The number of para-hydroxylation sites is 1. The summed E-state index contributed by atoms with van der Waals surface area (Å²) in [5.41, 5.74) is 2.53. The van der Waals surface area contributed by atoms with Gasteiger partial charge in [0.2, 0.25) is 0 Å². The molecule has 20 heavy (non-hydrogen) atoms. The van der Waals surface area contributed by atoms with Crippen molar-refractivity contribution < 1.29 is 0 Å². The van der Waals surface area contributed by atoms with Crippen LogP contribution in [0.1, 0.15) is 45.7 Å². The van der Waals surface area contributed by atoms with E-state index in [-0.39, 0.29) is 0 Å². The fourth-order valence-corrected chi connectivity index (χ4v) is 2.88. The van der Waals surface area contributed by atoms with E-state index in [2.05, 4.69) is 55.0 Å². The van der Waals surface area contributed by atoms with Gasteiger partial charge >= 0.3 is 0 Å². The van der Waals surface area contributed by atoms with Crippen LogP contribution in [0, 0.1) is 0 Å². The first-order chi connectivity index (χ1) is 9.80. The minimum absolute atomic E-state index is 0.652. The number of hydrogen-bond acceptors (Lipinski definition) is 2. The van der Waals surface area contributed by atoms with E-state index in [1.54, 1.807) is 0 Å². The van der Waals surface area contributed by atoms with Crippen LogP contribution in [0.2, 0.25) is 0 Å². The zero-order valence-corrected chi connectivity index (χ0v) is 13.0. The molecule has 110 valence electrons. The first kappa shape index (κ1) is 15.0. The van der Waals surface area contributed by atoms with Crippen molar-refractivity contribution in [1.82, 2.24) is 15.1 Å². The van der Waals surface area contributed by atoms with E-state index in [0.717, 1.165) is 19.5 Å². The van der Waals surface area contributed by atoms with Crippen molar-refractivity contribution in [2.24, 2.45) is 0 Å². The van der Waals surface area contributed by atoms with Gasteiger partial charge in [0.15, 0.2) is 0 Å². The second-order valence-corrected chi connectivity index (χ2v) is 5.33. The zero-order valence-electron chi connectivity index (χ0n) is 13.0. The average Bonchev–Trinajstić information content (AvgIpc) is 2.85. The summed E-state index contributed by atoms with van der Waals surface area (Å²) in [5, 5.41) is 9.64. The van der Waals surface area contributed by atoms with Gasteiger partial charge in [-0.25, -0.2) is 0 Å². The fourth-order valence-electron chi connectivity index (χ4n) is 2.88. The van der Waals surface area contributed by atoms with E-state index in [1.807, 2.05) is 0 Å². The van der Waals surface area contributed by atoms with Gasteiger partial charge in [0.25, 0.3) is 0 Å². The molecular formula is C17H27N3. The first-order valence-corrected chi connectivity index (χ1v) is 7.97. The smallest absolute Gasteiger partial charge is 0.0703 e. The van der Waals surface area contributed by atoms with E-state index in [9.17, 15) is 0 Å². The summed E-state index contributed by atoms with van der Waals surface area (Å²) in [5.74, 6) is 0. The van der Waals surface area contributed by atoms with E-state index in [1.165, 1.54) is 35.9 Å². The quantitative estimate of drug-likeness (QED) is 0.793. The molecule has 1 aromatic heterocycles. The Bertz CT molecular complexity index is 530. The monoisotopic (exact) mass is 273 g/mol. The molecule has 1 atom stereocenters. The maximum absolute atomic E-state index is 4.77.